The van der Waals surface area contributed by atoms with Crippen LogP contribution in [0.2, 0.25) is 0 Å². The van der Waals surface area contributed by atoms with Gasteiger partial charge in [-0.15, -0.1) is 0 Å². The zero-order valence-corrected chi connectivity index (χ0v) is 6.25. The summed E-state index contributed by atoms with van der Waals surface area (Å²) in [5.74, 6) is 0. The predicted octanol–water partition coefficient (Wildman–Crippen LogP) is -0.0940. The summed E-state index contributed by atoms with van der Waals surface area (Å²) >= 11 is 0. The van der Waals surface area contributed by atoms with Crippen LogP contribution in [0.5, 0.6) is 0 Å². The summed E-state index contributed by atoms with van der Waals surface area (Å²) in [6.07, 6.45) is 1.83. The van der Waals surface area contributed by atoms with E-state index in [9.17, 15) is 4.79 Å². The Bertz CT molecular complexity index is 116. The van der Waals surface area contributed by atoms with Crippen molar-refractivity contribution in [3.8, 4) is 0 Å². The molecule has 3 nitrogen and oxygen atoms in total. The predicted molar refractivity (Wildman–Crippen MR) is 37.9 cm³/mol. The number of ether oxygens (including phenoxy) is 1. The maximum atomic E-state index is 10.4. The van der Waals surface area contributed by atoms with Crippen molar-refractivity contribution in [2.75, 3.05) is 26.8 Å². The minimum atomic E-state index is 0.0718. The molecule has 1 aliphatic rings. The van der Waals surface area contributed by atoms with Crippen molar-refractivity contribution >= 4 is 6.29 Å². The highest BCUT2D eigenvalue weighted by Crippen LogP contribution is 2.03. The molecule has 0 aromatic rings. The summed E-state index contributed by atoms with van der Waals surface area (Å²) in [6, 6.07) is 0.0718. The zero-order chi connectivity index (χ0) is 7.40. The Morgan fingerprint density at radius 1 is 1.60 bits per heavy atom. The lowest BCUT2D eigenvalue weighted by Crippen LogP contribution is -2.33. The van der Waals surface area contributed by atoms with E-state index in [0.29, 0.717) is 6.61 Å². The molecular weight excluding hydrogens is 130 g/mol. The van der Waals surface area contributed by atoms with Crippen molar-refractivity contribution in [1.82, 2.24) is 4.90 Å². The Labute approximate surface area is 61.0 Å². The first kappa shape index (κ1) is 7.69. The standard InChI is InChI=1S/C7H13NO2/c1-8-3-5-10-4-2-7(8)6-9/h6-7H,2-5H2,1H3. The van der Waals surface area contributed by atoms with Gasteiger partial charge in [-0.25, -0.2) is 0 Å². The Morgan fingerprint density at radius 3 is 3.10 bits per heavy atom. The minimum absolute atomic E-state index is 0.0718. The van der Waals surface area contributed by atoms with E-state index in [2.05, 4.69) is 0 Å². The second-order valence-corrected chi connectivity index (χ2v) is 2.59. The number of nitrogens with zero attached hydrogens (tertiary/aromatic N) is 1. The molecule has 0 saturated carbocycles. The lowest BCUT2D eigenvalue weighted by molar-refractivity contribution is -0.111. The summed E-state index contributed by atoms with van der Waals surface area (Å²) in [5, 5.41) is 0. The molecule has 3 heteroatoms. The highest BCUT2D eigenvalue weighted by Gasteiger charge is 2.15. The van der Waals surface area contributed by atoms with E-state index < -0.39 is 0 Å². The van der Waals surface area contributed by atoms with Crippen LogP contribution in [0.1, 0.15) is 6.42 Å². The molecule has 0 N–H and O–H groups in total. The van der Waals surface area contributed by atoms with Crippen molar-refractivity contribution in [3.63, 3.8) is 0 Å². The SMILES string of the molecule is CN1CCOCCC1C=O. The van der Waals surface area contributed by atoms with Gasteiger partial charge in [0.05, 0.1) is 12.6 Å². The Balaban J connectivity index is 2.43. The molecule has 0 spiro atoms. The van der Waals surface area contributed by atoms with Gasteiger partial charge in [-0.3, -0.25) is 4.90 Å². The third-order valence-electron chi connectivity index (χ3n) is 1.87. The first-order chi connectivity index (χ1) is 4.84. The molecule has 0 aromatic carbocycles. The Morgan fingerprint density at radius 2 is 2.40 bits per heavy atom. The topological polar surface area (TPSA) is 29.5 Å². The van der Waals surface area contributed by atoms with Gasteiger partial charge in [0.2, 0.25) is 0 Å². The fourth-order valence-electron chi connectivity index (χ4n) is 1.07. The van der Waals surface area contributed by atoms with Crippen LogP contribution in [0, 0.1) is 0 Å². The van der Waals surface area contributed by atoms with E-state index in [4.69, 9.17) is 4.74 Å². The summed E-state index contributed by atoms with van der Waals surface area (Å²) < 4.78 is 5.20. The van der Waals surface area contributed by atoms with Gasteiger partial charge >= 0.3 is 0 Å². The van der Waals surface area contributed by atoms with Crippen LogP contribution >= 0.6 is 0 Å². The lowest BCUT2D eigenvalue weighted by Gasteiger charge is -2.18. The van der Waals surface area contributed by atoms with Crippen LogP contribution in [-0.4, -0.2) is 44.0 Å². The fourth-order valence-corrected chi connectivity index (χ4v) is 1.07. The van der Waals surface area contributed by atoms with Crippen molar-refractivity contribution in [2.24, 2.45) is 0 Å². The maximum Gasteiger partial charge on any atom is 0.137 e. The monoisotopic (exact) mass is 143 g/mol. The first-order valence-electron chi connectivity index (χ1n) is 3.58. The molecule has 1 aliphatic heterocycles. The van der Waals surface area contributed by atoms with Gasteiger partial charge in [0.1, 0.15) is 6.29 Å². The van der Waals surface area contributed by atoms with Gasteiger partial charge in [0.15, 0.2) is 0 Å². The quantitative estimate of drug-likeness (QED) is 0.480. The van der Waals surface area contributed by atoms with Gasteiger partial charge in [0.25, 0.3) is 0 Å². The van der Waals surface area contributed by atoms with E-state index in [-0.39, 0.29) is 6.04 Å². The Kier molecular flexibility index (Phi) is 2.83. The van der Waals surface area contributed by atoms with Gasteiger partial charge in [-0.2, -0.15) is 0 Å². The molecule has 0 bridgehead atoms. The van der Waals surface area contributed by atoms with Crippen LogP contribution in [0.25, 0.3) is 0 Å². The third kappa shape index (κ3) is 1.78. The number of hydrogen-bond donors (Lipinski definition) is 0. The minimum Gasteiger partial charge on any atom is -0.380 e. The molecule has 0 aliphatic carbocycles. The van der Waals surface area contributed by atoms with Crippen molar-refractivity contribution < 1.29 is 9.53 Å². The molecule has 1 heterocycles. The van der Waals surface area contributed by atoms with E-state index >= 15 is 0 Å². The molecule has 58 valence electrons. The average molecular weight is 143 g/mol. The molecule has 1 fully saturated rings. The van der Waals surface area contributed by atoms with Gasteiger partial charge < -0.3 is 9.53 Å². The summed E-state index contributed by atoms with van der Waals surface area (Å²) in [7, 11) is 1.95. The average Bonchev–Trinajstić information content (AvgIpc) is 2.13. The number of carbonyl (C=O) groups is 1. The van der Waals surface area contributed by atoms with Crippen LogP contribution in [0.15, 0.2) is 0 Å². The lowest BCUT2D eigenvalue weighted by atomic mass is 10.2. The summed E-state index contributed by atoms with van der Waals surface area (Å²) in [5.41, 5.74) is 0. The van der Waals surface area contributed by atoms with E-state index in [0.717, 1.165) is 25.9 Å². The molecule has 1 atom stereocenters. The van der Waals surface area contributed by atoms with Crippen LogP contribution in [0.3, 0.4) is 0 Å². The van der Waals surface area contributed by atoms with Crippen molar-refractivity contribution in [1.29, 1.82) is 0 Å². The van der Waals surface area contributed by atoms with Gasteiger partial charge in [-0.1, -0.05) is 0 Å². The van der Waals surface area contributed by atoms with E-state index in [1.54, 1.807) is 0 Å². The molecule has 0 aromatic heterocycles. The maximum absolute atomic E-state index is 10.4. The highest BCUT2D eigenvalue weighted by atomic mass is 16.5. The molecule has 1 unspecified atom stereocenters. The van der Waals surface area contributed by atoms with Crippen LogP contribution < -0.4 is 0 Å². The number of rotatable bonds is 1. The van der Waals surface area contributed by atoms with Crippen molar-refractivity contribution in [3.05, 3.63) is 0 Å². The largest absolute Gasteiger partial charge is 0.380 e. The Hall–Kier alpha value is -0.410. The molecular formula is C7H13NO2. The highest BCUT2D eigenvalue weighted by molar-refractivity contribution is 5.57. The second kappa shape index (κ2) is 3.68. The number of carbonyl (C=O) groups excluding carboxylic acids is 1. The molecule has 10 heavy (non-hydrogen) atoms. The summed E-state index contributed by atoms with van der Waals surface area (Å²) in [4.78, 5) is 12.5. The molecule has 0 radical (unpaired) electrons. The van der Waals surface area contributed by atoms with E-state index in [1.165, 1.54) is 0 Å². The normalized spacial score (nSPS) is 29.5. The van der Waals surface area contributed by atoms with E-state index in [1.807, 2.05) is 11.9 Å². The second-order valence-electron chi connectivity index (χ2n) is 2.59. The number of likely N-dealkylation sites (N-methyl/N-ethyl adjacent to an activating group) is 1. The number of aldehydes is 1. The first-order valence-corrected chi connectivity index (χ1v) is 3.58. The van der Waals surface area contributed by atoms with Gasteiger partial charge in [0, 0.05) is 13.2 Å². The fraction of sp³-hybridized carbons (Fsp3) is 0.857. The third-order valence-corrected chi connectivity index (χ3v) is 1.87. The molecule has 0 amide bonds. The van der Waals surface area contributed by atoms with Gasteiger partial charge in [-0.05, 0) is 13.5 Å². The smallest absolute Gasteiger partial charge is 0.137 e. The van der Waals surface area contributed by atoms with Crippen LogP contribution in [0.4, 0.5) is 0 Å². The zero-order valence-electron chi connectivity index (χ0n) is 6.25. The number of hydrogen-bond acceptors (Lipinski definition) is 3. The summed E-state index contributed by atoms with van der Waals surface area (Å²) in [6.45, 7) is 2.33. The molecule has 1 saturated heterocycles. The molecule has 1 rings (SSSR count). The van der Waals surface area contributed by atoms with Crippen LogP contribution in [-0.2, 0) is 9.53 Å². The van der Waals surface area contributed by atoms with Crippen molar-refractivity contribution in [2.45, 2.75) is 12.5 Å².